The molecule has 23 heavy (non-hydrogen) atoms. The van der Waals surface area contributed by atoms with Crippen LogP contribution >= 0.6 is 0 Å². The fraction of sp³-hybridized carbons (Fsp3) is 0.0556. The molecule has 0 saturated carbocycles. The van der Waals surface area contributed by atoms with E-state index in [1.807, 2.05) is 31.5 Å². The van der Waals surface area contributed by atoms with Crippen LogP contribution in [0.2, 0.25) is 0 Å². The van der Waals surface area contributed by atoms with Crippen LogP contribution in [0.5, 0.6) is 0 Å². The van der Waals surface area contributed by atoms with Crippen molar-refractivity contribution >= 4 is 5.65 Å². The number of hydrogen-bond donors (Lipinski definition) is 0. The van der Waals surface area contributed by atoms with E-state index in [2.05, 4.69) is 15.1 Å². The second kappa shape index (κ2) is 5.28. The van der Waals surface area contributed by atoms with Crippen molar-refractivity contribution in [3.8, 4) is 22.4 Å². The van der Waals surface area contributed by atoms with Crippen LogP contribution in [0.25, 0.3) is 28.0 Å². The van der Waals surface area contributed by atoms with Crippen LogP contribution in [0, 0.1) is 12.7 Å². The fourth-order valence-corrected chi connectivity index (χ4v) is 2.62. The van der Waals surface area contributed by atoms with Gasteiger partial charge in [-0.3, -0.25) is 4.98 Å². The summed E-state index contributed by atoms with van der Waals surface area (Å²) >= 11 is 0. The van der Waals surface area contributed by atoms with Crippen molar-refractivity contribution in [1.82, 2.24) is 19.6 Å². The molecule has 0 fully saturated rings. The molecular weight excluding hydrogens is 291 g/mol. The lowest BCUT2D eigenvalue weighted by Gasteiger charge is -2.03. The van der Waals surface area contributed by atoms with Crippen LogP contribution in [-0.2, 0) is 0 Å². The monoisotopic (exact) mass is 304 g/mol. The fourth-order valence-electron chi connectivity index (χ4n) is 2.62. The summed E-state index contributed by atoms with van der Waals surface area (Å²) in [5, 5.41) is 4.66. The Morgan fingerprint density at radius 3 is 2.43 bits per heavy atom. The molecule has 1 aromatic carbocycles. The molecule has 0 aliphatic carbocycles. The summed E-state index contributed by atoms with van der Waals surface area (Å²) in [5.41, 5.74) is 5.30. The maximum absolute atomic E-state index is 13.2. The average Bonchev–Trinajstić information content (AvgIpc) is 2.94. The Kier molecular flexibility index (Phi) is 3.12. The molecule has 4 rings (SSSR count). The van der Waals surface area contributed by atoms with Crippen molar-refractivity contribution in [3.63, 3.8) is 0 Å². The van der Waals surface area contributed by atoms with E-state index in [1.54, 1.807) is 29.0 Å². The van der Waals surface area contributed by atoms with Crippen molar-refractivity contribution in [2.24, 2.45) is 0 Å². The number of aromatic nitrogens is 4. The van der Waals surface area contributed by atoms with Crippen LogP contribution in [0.3, 0.4) is 0 Å². The number of nitrogens with zero attached hydrogens (tertiary/aromatic N) is 4. The molecule has 4 nitrogen and oxygen atoms in total. The number of fused-ring (bicyclic) bond motifs is 1. The normalized spacial score (nSPS) is 11.0. The Balaban J connectivity index is 2.04. The highest BCUT2D eigenvalue weighted by Crippen LogP contribution is 2.34. The van der Waals surface area contributed by atoms with E-state index in [0.29, 0.717) is 0 Å². The van der Waals surface area contributed by atoms with E-state index in [4.69, 9.17) is 0 Å². The Hall–Kier alpha value is -3.08. The van der Waals surface area contributed by atoms with Crippen molar-refractivity contribution in [3.05, 3.63) is 72.6 Å². The van der Waals surface area contributed by atoms with Gasteiger partial charge in [0.05, 0.1) is 5.56 Å². The first-order chi connectivity index (χ1) is 11.2. The zero-order chi connectivity index (χ0) is 15.8. The molecule has 112 valence electrons. The third kappa shape index (κ3) is 2.36. The molecule has 4 aromatic rings. The summed E-state index contributed by atoms with van der Waals surface area (Å²) in [6.07, 6.45) is 7.22. The van der Waals surface area contributed by atoms with Gasteiger partial charge in [0.1, 0.15) is 11.5 Å². The molecule has 0 radical (unpaired) electrons. The van der Waals surface area contributed by atoms with E-state index >= 15 is 0 Å². The number of pyridine rings is 1. The van der Waals surface area contributed by atoms with Gasteiger partial charge in [-0.15, -0.1) is 0 Å². The third-order valence-electron chi connectivity index (χ3n) is 3.69. The Morgan fingerprint density at radius 2 is 1.70 bits per heavy atom. The van der Waals surface area contributed by atoms with Crippen LogP contribution < -0.4 is 0 Å². The Morgan fingerprint density at radius 1 is 0.957 bits per heavy atom. The number of benzene rings is 1. The van der Waals surface area contributed by atoms with E-state index in [1.165, 1.54) is 12.1 Å². The summed E-state index contributed by atoms with van der Waals surface area (Å²) in [6, 6.07) is 10.2. The zero-order valence-electron chi connectivity index (χ0n) is 12.4. The van der Waals surface area contributed by atoms with Crippen LogP contribution in [0.15, 0.2) is 61.2 Å². The van der Waals surface area contributed by atoms with Gasteiger partial charge >= 0.3 is 0 Å². The molecule has 0 N–H and O–H groups in total. The van der Waals surface area contributed by atoms with Gasteiger partial charge in [-0.25, -0.2) is 13.9 Å². The lowest BCUT2D eigenvalue weighted by atomic mass is 10.0. The van der Waals surface area contributed by atoms with E-state index in [0.717, 1.165) is 33.6 Å². The van der Waals surface area contributed by atoms with E-state index in [-0.39, 0.29) is 5.82 Å². The number of hydrogen-bond acceptors (Lipinski definition) is 3. The van der Waals surface area contributed by atoms with Gasteiger partial charge in [0, 0.05) is 30.4 Å². The van der Waals surface area contributed by atoms with Crippen LogP contribution in [0.1, 0.15) is 5.56 Å². The maximum atomic E-state index is 13.2. The lowest BCUT2D eigenvalue weighted by molar-refractivity contribution is 0.628. The van der Waals surface area contributed by atoms with Gasteiger partial charge < -0.3 is 0 Å². The Labute approximate surface area is 132 Å². The number of halogens is 1. The number of aryl methyl sites for hydroxylation is 1. The lowest BCUT2D eigenvalue weighted by Crippen LogP contribution is -1.91. The molecule has 0 atom stereocenters. The molecule has 0 amide bonds. The van der Waals surface area contributed by atoms with Crippen molar-refractivity contribution in [2.45, 2.75) is 6.92 Å². The van der Waals surface area contributed by atoms with Gasteiger partial charge in [0.15, 0.2) is 5.65 Å². The van der Waals surface area contributed by atoms with E-state index < -0.39 is 0 Å². The van der Waals surface area contributed by atoms with E-state index in [9.17, 15) is 4.39 Å². The molecule has 0 saturated heterocycles. The van der Waals surface area contributed by atoms with Gasteiger partial charge in [0.2, 0.25) is 0 Å². The predicted molar refractivity (Wildman–Crippen MR) is 86.3 cm³/mol. The molecule has 0 unspecified atom stereocenters. The predicted octanol–water partition coefficient (Wildman–Crippen LogP) is 3.91. The van der Waals surface area contributed by atoms with Crippen molar-refractivity contribution in [2.75, 3.05) is 0 Å². The molecule has 5 heteroatoms. The molecule has 0 bridgehead atoms. The smallest absolute Gasteiger partial charge is 0.163 e. The summed E-state index contributed by atoms with van der Waals surface area (Å²) < 4.78 is 15.0. The van der Waals surface area contributed by atoms with Gasteiger partial charge in [-0.2, -0.15) is 5.10 Å². The van der Waals surface area contributed by atoms with Crippen LogP contribution in [0.4, 0.5) is 4.39 Å². The minimum atomic E-state index is -0.267. The molecule has 3 aromatic heterocycles. The second-order valence-electron chi connectivity index (χ2n) is 5.37. The first-order valence-corrected chi connectivity index (χ1v) is 7.24. The summed E-state index contributed by atoms with van der Waals surface area (Å²) in [4.78, 5) is 8.59. The largest absolute Gasteiger partial charge is 0.265 e. The number of rotatable bonds is 2. The first-order valence-electron chi connectivity index (χ1n) is 7.24. The Bertz CT molecular complexity index is 975. The van der Waals surface area contributed by atoms with Gasteiger partial charge in [0.25, 0.3) is 0 Å². The SMILES string of the molecule is Cc1cnc2c(-c3ccncc3)c(-c3ccc(F)cc3)nn2c1. The quantitative estimate of drug-likeness (QED) is 0.564. The minimum absolute atomic E-state index is 0.267. The molecule has 0 aliphatic heterocycles. The van der Waals surface area contributed by atoms with Crippen molar-refractivity contribution in [1.29, 1.82) is 0 Å². The zero-order valence-corrected chi connectivity index (χ0v) is 12.4. The summed E-state index contributed by atoms with van der Waals surface area (Å²) in [7, 11) is 0. The molecule has 0 aliphatic rings. The summed E-state index contributed by atoms with van der Waals surface area (Å²) in [6.45, 7) is 1.97. The molecular formula is C18H13FN4. The average molecular weight is 304 g/mol. The molecule has 0 spiro atoms. The highest BCUT2D eigenvalue weighted by atomic mass is 19.1. The third-order valence-corrected chi connectivity index (χ3v) is 3.69. The highest BCUT2D eigenvalue weighted by Gasteiger charge is 2.17. The van der Waals surface area contributed by atoms with Crippen LogP contribution in [-0.4, -0.2) is 19.6 Å². The second-order valence-corrected chi connectivity index (χ2v) is 5.37. The highest BCUT2D eigenvalue weighted by molar-refractivity contribution is 5.90. The summed E-state index contributed by atoms with van der Waals surface area (Å²) in [5.74, 6) is -0.267. The minimum Gasteiger partial charge on any atom is -0.265 e. The maximum Gasteiger partial charge on any atom is 0.163 e. The van der Waals surface area contributed by atoms with Crippen molar-refractivity contribution < 1.29 is 4.39 Å². The molecule has 3 heterocycles. The van der Waals surface area contributed by atoms with Gasteiger partial charge in [-0.05, 0) is 54.4 Å². The topological polar surface area (TPSA) is 43.1 Å². The first kappa shape index (κ1) is 13.6. The standard InChI is InChI=1S/C18H13FN4/c1-12-10-21-18-16(13-6-8-20-9-7-13)17(22-23(18)11-12)14-2-4-15(19)5-3-14/h2-11H,1H3. The van der Waals surface area contributed by atoms with Gasteiger partial charge in [-0.1, -0.05) is 0 Å².